The number of aryl methyl sites for hydroxylation is 1. The Kier molecular flexibility index (Phi) is 4.68. The molecule has 0 atom stereocenters. The Bertz CT molecular complexity index is 1270. The van der Waals surface area contributed by atoms with Gasteiger partial charge in [0.25, 0.3) is 0 Å². The number of aliphatic hydroxyl groups is 1. The second-order valence-corrected chi connectivity index (χ2v) is 7.78. The number of carbonyl (C=O) groups is 1. The molecule has 0 spiro atoms. The Balaban J connectivity index is 1.50. The van der Waals surface area contributed by atoms with Gasteiger partial charge in [0.15, 0.2) is 6.10 Å². The van der Waals surface area contributed by atoms with E-state index in [9.17, 15) is 9.90 Å². The number of pyridine rings is 1. The fourth-order valence-electron chi connectivity index (χ4n) is 4.26. The van der Waals surface area contributed by atoms with E-state index in [0.717, 1.165) is 38.9 Å². The smallest absolute Gasteiger partial charge is 0.414 e. The second-order valence-electron chi connectivity index (χ2n) is 7.78. The number of aromatic nitrogens is 1. The van der Waals surface area contributed by atoms with E-state index in [4.69, 9.17) is 4.74 Å². The van der Waals surface area contributed by atoms with Gasteiger partial charge in [0.1, 0.15) is 0 Å². The Labute approximate surface area is 180 Å². The minimum absolute atomic E-state index is 0.189. The molecule has 3 aromatic carbocycles. The van der Waals surface area contributed by atoms with E-state index in [1.54, 1.807) is 7.05 Å². The third-order valence-electron chi connectivity index (χ3n) is 5.83. The Morgan fingerprint density at radius 3 is 2.29 bits per heavy atom. The summed E-state index contributed by atoms with van der Waals surface area (Å²) in [5.41, 5.74) is 7.00. The number of rotatable bonds is 3. The van der Waals surface area contributed by atoms with Crippen molar-refractivity contribution in [2.75, 3.05) is 11.9 Å². The van der Waals surface area contributed by atoms with Gasteiger partial charge in [0.05, 0.1) is 17.8 Å². The maximum Gasteiger partial charge on any atom is 0.414 e. The molecule has 1 amide bonds. The fourth-order valence-corrected chi connectivity index (χ4v) is 4.26. The number of ether oxygens (including phenoxy) is 1. The van der Waals surface area contributed by atoms with Gasteiger partial charge in [-0.15, -0.1) is 0 Å². The van der Waals surface area contributed by atoms with Crippen LogP contribution in [0.4, 0.5) is 10.5 Å². The van der Waals surface area contributed by atoms with Crippen molar-refractivity contribution >= 4 is 22.7 Å². The van der Waals surface area contributed by atoms with Crippen LogP contribution in [-0.4, -0.2) is 23.2 Å². The maximum absolute atomic E-state index is 13.2. The number of hydrogen-bond acceptors (Lipinski definition) is 4. The maximum atomic E-state index is 13.2. The lowest BCUT2D eigenvalue weighted by Crippen LogP contribution is -2.29. The standard InChI is InChI=1S/C26H22N2O3/c1-16-11-12-17-13-18(15-29)24(14-23(17)27-16)28(2)26(30)31-25-21-9-5-3-7-19(21)20-8-4-6-10-22(20)25/h3-14,25,29H,15H2,1-2H3. The van der Waals surface area contributed by atoms with E-state index in [0.29, 0.717) is 11.3 Å². The summed E-state index contributed by atoms with van der Waals surface area (Å²) in [7, 11) is 1.66. The van der Waals surface area contributed by atoms with Crippen LogP contribution in [0.3, 0.4) is 0 Å². The highest BCUT2D eigenvalue weighted by atomic mass is 16.6. The summed E-state index contributed by atoms with van der Waals surface area (Å²) in [4.78, 5) is 19.2. The highest BCUT2D eigenvalue weighted by Crippen LogP contribution is 2.45. The van der Waals surface area contributed by atoms with E-state index in [-0.39, 0.29) is 6.61 Å². The zero-order valence-corrected chi connectivity index (χ0v) is 17.4. The average molecular weight is 410 g/mol. The van der Waals surface area contributed by atoms with Crippen LogP contribution < -0.4 is 4.90 Å². The summed E-state index contributed by atoms with van der Waals surface area (Å²) in [6.07, 6.45) is -0.959. The highest BCUT2D eigenvalue weighted by Gasteiger charge is 2.32. The molecule has 0 radical (unpaired) electrons. The highest BCUT2D eigenvalue weighted by molar-refractivity contribution is 5.93. The Morgan fingerprint density at radius 2 is 1.65 bits per heavy atom. The van der Waals surface area contributed by atoms with Gasteiger partial charge >= 0.3 is 6.09 Å². The van der Waals surface area contributed by atoms with Crippen LogP contribution in [0.1, 0.15) is 28.5 Å². The first-order valence-corrected chi connectivity index (χ1v) is 10.2. The first-order valence-electron chi connectivity index (χ1n) is 10.2. The van der Waals surface area contributed by atoms with Gasteiger partial charge in [-0.1, -0.05) is 54.6 Å². The van der Waals surface area contributed by atoms with E-state index in [1.807, 2.05) is 79.7 Å². The van der Waals surface area contributed by atoms with Gasteiger partial charge in [-0.3, -0.25) is 9.88 Å². The predicted octanol–water partition coefficient (Wildman–Crippen LogP) is 5.38. The minimum atomic E-state index is -0.488. The summed E-state index contributed by atoms with van der Waals surface area (Å²) in [6.45, 7) is 1.73. The van der Waals surface area contributed by atoms with E-state index < -0.39 is 12.2 Å². The number of fused-ring (bicyclic) bond motifs is 4. The summed E-state index contributed by atoms with van der Waals surface area (Å²) >= 11 is 0. The van der Waals surface area contributed by atoms with Crippen LogP contribution in [0.25, 0.3) is 22.0 Å². The third kappa shape index (κ3) is 3.23. The van der Waals surface area contributed by atoms with Gasteiger partial charge in [-0.2, -0.15) is 0 Å². The molecule has 4 aromatic rings. The molecule has 5 heteroatoms. The molecule has 1 heterocycles. The number of aliphatic hydroxyl groups excluding tert-OH is 1. The van der Waals surface area contributed by atoms with Crippen LogP contribution in [0.5, 0.6) is 0 Å². The van der Waals surface area contributed by atoms with Gasteiger partial charge in [0, 0.05) is 34.8 Å². The van der Waals surface area contributed by atoms with E-state index in [2.05, 4.69) is 4.98 Å². The molecule has 0 fully saturated rings. The van der Waals surface area contributed by atoms with Crippen molar-refractivity contribution < 1.29 is 14.6 Å². The minimum Gasteiger partial charge on any atom is -0.436 e. The molecular weight excluding hydrogens is 388 g/mol. The van der Waals surface area contributed by atoms with Crippen LogP contribution in [0.2, 0.25) is 0 Å². The molecule has 1 aliphatic rings. The molecule has 154 valence electrons. The SMILES string of the molecule is Cc1ccc2cc(CO)c(N(C)C(=O)OC3c4ccccc4-c4ccccc43)cc2n1. The first-order chi connectivity index (χ1) is 15.1. The van der Waals surface area contributed by atoms with Crippen molar-refractivity contribution in [2.45, 2.75) is 19.6 Å². The molecule has 0 bridgehead atoms. The van der Waals surface area contributed by atoms with Gasteiger partial charge < -0.3 is 9.84 Å². The topological polar surface area (TPSA) is 62.7 Å². The van der Waals surface area contributed by atoms with Crippen molar-refractivity contribution in [3.8, 4) is 11.1 Å². The van der Waals surface area contributed by atoms with Gasteiger partial charge in [0.2, 0.25) is 0 Å². The first kappa shape index (κ1) is 19.3. The Hall–Kier alpha value is -3.70. The molecule has 0 unspecified atom stereocenters. The van der Waals surface area contributed by atoms with Crippen molar-refractivity contribution in [1.82, 2.24) is 4.98 Å². The molecule has 0 saturated carbocycles. The summed E-state index contributed by atoms with van der Waals surface area (Å²) < 4.78 is 6.00. The number of hydrogen-bond donors (Lipinski definition) is 1. The molecular formula is C26H22N2O3. The predicted molar refractivity (Wildman–Crippen MR) is 121 cm³/mol. The van der Waals surface area contributed by atoms with Crippen LogP contribution in [0, 0.1) is 6.92 Å². The normalized spacial score (nSPS) is 12.5. The van der Waals surface area contributed by atoms with E-state index >= 15 is 0 Å². The lowest BCUT2D eigenvalue weighted by Gasteiger charge is -2.23. The van der Waals surface area contributed by atoms with Crippen molar-refractivity contribution in [2.24, 2.45) is 0 Å². The molecule has 31 heavy (non-hydrogen) atoms. The van der Waals surface area contributed by atoms with Crippen LogP contribution in [-0.2, 0) is 11.3 Å². The van der Waals surface area contributed by atoms with Crippen molar-refractivity contribution in [3.63, 3.8) is 0 Å². The number of amides is 1. The third-order valence-corrected chi connectivity index (χ3v) is 5.83. The lowest BCUT2D eigenvalue weighted by atomic mass is 10.1. The largest absolute Gasteiger partial charge is 0.436 e. The van der Waals surface area contributed by atoms with Gasteiger partial charge in [-0.05, 0) is 36.2 Å². The number of anilines is 1. The van der Waals surface area contributed by atoms with Crippen molar-refractivity contribution in [1.29, 1.82) is 0 Å². The zero-order chi connectivity index (χ0) is 21.5. The van der Waals surface area contributed by atoms with Gasteiger partial charge in [-0.25, -0.2) is 4.79 Å². The molecule has 1 aliphatic carbocycles. The molecule has 5 rings (SSSR count). The molecule has 0 aliphatic heterocycles. The summed E-state index contributed by atoms with van der Waals surface area (Å²) in [5, 5.41) is 10.8. The molecule has 1 N–H and O–H groups in total. The number of benzene rings is 3. The second kappa shape index (κ2) is 7.52. The fraction of sp³-hybridized carbons (Fsp3) is 0.154. The van der Waals surface area contributed by atoms with Crippen LogP contribution >= 0.6 is 0 Å². The molecule has 0 saturated heterocycles. The lowest BCUT2D eigenvalue weighted by molar-refractivity contribution is 0.126. The van der Waals surface area contributed by atoms with E-state index in [1.165, 1.54) is 4.90 Å². The Morgan fingerprint density at radius 1 is 1.00 bits per heavy atom. The monoisotopic (exact) mass is 410 g/mol. The zero-order valence-electron chi connectivity index (χ0n) is 17.4. The van der Waals surface area contributed by atoms with Crippen LogP contribution in [0.15, 0.2) is 72.8 Å². The number of nitrogens with zero attached hydrogens (tertiary/aromatic N) is 2. The average Bonchev–Trinajstić information content (AvgIpc) is 3.11. The molecule has 5 nitrogen and oxygen atoms in total. The van der Waals surface area contributed by atoms with Crippen molar-refractivity contribution in [3.05, 3.63) is 95.2 Å². The summed E-state index contributed by atoms with van der Waals surface area (Å²) in [6, 6.07) is 23.6. The number of carbonyl (C=O) groups excluding carboxylic acids is 1. The molecule has 1 aromatic heterocycles. The quantitative estimate of drug-likeness (QED) is 0.493. The summed E-state index contributed by atoms with van der Waals surface area (Å²) in [5.74, 6) is 0.